The molecule has 2 aromatic carbocycles. The van der Waals surface area contributed by atoms with E-state index in [1.807, 2.05) is 0 Å². The van der Waals surface area contributed by atoms with Gasteiger partial charge in [-0.15, -0.1) is 0 Å². The zero-order chi connectivity index (χ0) is 18.7. The minimum atomic E-state index is -2.38. The number of oxazole rings is 1. The number of benzene rings is 2. The molecule has 0 bridgehead atoms. The standard InChI is InChI=1S/C18H15FN4O2S/c1-26(2,24)23-15-5-3-4-14(9-15)22-18-21-11-17(25-18)12-6-7-13(10-20)16(19)8-12/h3-9,11H,1H2,2H3,(H,21,22)(H,23,24). The highest BCUT2D eigenvalue weighted by atomic mass is 32.2. The average Bonchev–Trinajstić information content (AvgIpc) is 3.02. The molecule has 0 aliphatic carbocycles. The minimum absolute atomic E-state index is 0.0335. The molecule has 1 heterocycles. The summed E-state index contributed by atoms with van der Waals surface area (Å²) in [6, 6.07) is 13.2. The maximum absolute atomic E-state index is 13.7. The number of nitriles is 1. The van der Waals surface area contributed by atoms with Gasteiger partial charge in [0.25, 0.3) is 6.01 Å². The topological polar surface area (TPSA) is 91.0 Å². The van der Waals surface area contributed by atoms with Crippen LogP contribution in [-0.2, 0) is 9.71 Å². The van der Waals surface area contributed by atoms with Crippen molar-refractivity contribution in [2.45, 2.75) is 0 Å². The lowest BCUT2D eigenvalue weighted by Crippen LogP contribution is -2.09. The first-order valence-corrected chi connectivity index (χ1v) is 9.60. The van der Waals surface area contributed by atoms with E-state index in [0.717, 1.165) is 0 Å². The fourth-order valence-electron chi connectivity index (χ4n) is 2.26. The van der Waals surface area contributed by atoms with E-state index in [1.165, 1.54) is 24.6 Å². The largest absolute Gasteiger partial charge is 0.423 e. The van der Waals surface area contributed by atoms with E-state index in [0.29, 0.717) is 22.7 Å². The summed E-state index contributed by atoms with van der Waals surface area (Å²) in [5, 5.41) is 11.8. The molecule has 0 saturated carbocycles. The molecule has 3 rings (SSSR count). The summed E-state index contributed by atoms with van der Waals surface area (Å²) in [7, 11) is -2.38. The van der Waals surface area contributed by atoms with Crippen LogP contribution in [0.2, 0.25) is 0 Å². The fourth-order valence-corrected chi connectivity index (χ4v) is 2.88. The fraction of sp³-hybridized carbons (Fsp3) is 0.0556. The van der Waals surface area contributed by atoms with E-state index >= 15 is 0 Å². The molecule has 1 aromatic heterocycles. The van der Waals surface area contributed by atoms with Crippen LogP contribution in [0.25, 0.3) is 11.3 Å². The zero-order valence-electron chi connectivity index (χ0n) is 13.8. The van der Waals surface area contributed by atoms with Crippen molar-refractivity contribution in [1.29, 1.82) is 5.26 Å². The summed E-state index contributed by atoms with van der Waals surface area (Å²) < 4.78 is 33.9. The highest BCUT2D eigenvalue weighted by Crippen LogP contribution is 2.26. The van der Waals surface area contributed by atoms with E-state index in [9.17, 15) is 8.60 Å². The van der Waals surface area contributed by atoms with Gasteiger partial charge in [-0.25, -0.2) is 13.6 Å². The molecule has 1 atom stereocenters. The molecule has 6 nitrogen and oxygen atoms in total. The lowest BCUT2D eigenvalue weighted by molar-refractivity contribution is 0.589. The second-order valence-corrected chi connectivity index (χ2v) is 7.86. The van der Waals surface area contributed by atoms with Gasteiger partial charge in [0.05, 0.1) is 11.8 Å². The van der Waals surface area contributed by atoms with E-state index < -0.39 is 15.5 Å². The summed E-state index contributed by atoms with van der Waals surface area (Å²) in [4.78, 5) is 4.11. The Labute approximate surface area is 150 Å². The third-order valence-electron chi connectivity index (χ3n) is 3.33. The Hall–Kier alpha value is -3.31. The van der Waals surface area contributed by atoms with Gasteiger partial charge in [-0.05, 0) is 42.3 Å². The third-order valence-corrected chi connectivity index (χ3v) is 3.99. The number of anilines is 3. The summed E-state index contributed by atoms with van der Waals surface area (Å²) in [5.74, 6) is 3.29. The van der Waals surface area contributed by atoms with E-state index in [1.54, 1.807) is 36.4 Å². The van der Waals surface area contributed by atoms with Crippen LogP contribution < -0.4 is 10.0 Å². The van der Waals surface area contributed by atoms with Crippen molar-refractivity contribution in [3.63, 3.8) is 0 Å². The molecule has 0 radical (unpaired) electrons. The van der Waals surface area contributed by atoms with E-state index in [-0.39, 0.29) is 11.6 Å². The Morgan fingerprint density at radius 2 is 2.04 bits per heavy atom. The highest BCUT2D eigenvalue weighted by molar-refractivity contribution is 8.00. The van der Waals surface area contributed by atoms with Gasteiger partial charge < -0.3 is 14.5 Å². The van der Waals surface area contributed by atoms with Crippen molar-refractivity contribution in [3.05, 3.63) is 60.0 Å². The summed E-state index contributed by atoms with van der Waals surface area (Å²) in [6.07, 6.45) is 2.96. The molecule has 8 heteroatoms. The van der Waals surface area contributed by atoms with Gasteiger partial charge in [-0.2, -0.15) is 5.26 Å². The summed E-state index contributed by atoms with van der Waals surface area (Å²) in [6.45, 7) is 0. The molecule has 3 aromatic rings. The molecule has 0 spiro atoms. The normalized spacial score (nSPS) is 12.8. The van der Waals surface area contributed by atoms with Crippen molar-refractivity contribution in [3.8, 4) is 17.4 Å². The van der Waals surface area contributed by atoms with Crippen LogP contribution in [0.4, 0.5) is 21.8 Å². The lowest BCUT2D eigenvalue weighted by atomic mass is 10.1. The number of rotatable bonds is 5. The molecular weight excluding hydrogens is 355 g/mol. The van der Waals surface area contributed by atoms with Crippen molar-refractivity contribution >= 4 is 33.0 Å². The molecule has 1 unspecified atom stereocenters. The van der Waals surface area contributed by atoms with Crippen LogP contribution in [0, 0.1) is 17.1 Å². The van der Waals surface area contributed by atoms with Crippen LogP contribution in [0.5, 0.6) is 0 Å². The Balaban J connectivity index is 1.80. The van der Waals surface area contributed by atoms with Crippen molar-refractivity contribution in [2.24, 2.45) is 0 Å². The number of hydrogen-bond donors (Lipinski definition) is 2. The lowest BCUT2D eigenvalue weighted by Gasteiger charge is -2.09. The zero-order valence-corrected chi connectivity index (χ0v) is 14.6. The van der Waals surface area contributed by atoms with Crippen molar-refractivity contribution < 1.29 is 13.0 Å². The van der Waals surface area contributed by atoms with Crippen LogP contribution >= 0.6 is 0 Å². The van der Waals surface area contributed by atoms with Gasteiger partial charge in [-0.3, -0.25) is 0 Å². The number of nitrogens with zero attached hydrogens (tertiary/aromatic N) is 2. The van der Waals surface area contributed by atoms with Gasteiger partial charge >= 0.3 is 0 Å². The minimum Gasteiger partial charge on any atom is -0.423 e. The quantitative estimate of drug-likeness (QED) is 0.667. The molecule has 0 aliphatic rings. The monoisotopic (exact) mass is 370 g/mol. The predicted octanol–water partition coefficient (Wildman–Crippen LogP) is 3.77. The molecule has 2 N–H and O–H groups in total. The Morgan fingerprint density at radius 1 is 1.27 bits per heavy atom. The van der Waals surface area contributed by atoms with E-state index in [4.69, 9.17) is 9.68 Å². The van der Waals surface area contributed by atoms with Crippen LogP contribution in [0.3, 0.4) is 0 Å². The smallest absolute Gasteiger partial charge is 0.299 e. The van der Waals surface area contributed by atoms with Gasteiger partial charge in [0.15, 0.2) is 5.76 Å². The van der Waals surface area contributed by atoms with E-state index in [2.05, 4.69) is 20.9 Å². The van der Waals surface area contributed by atoms with Crippen LogP contribution in [-0.4, -0.2) is 21.3 Å². The maximum Gasteiger partial charge on any atom is 0.299 e. The van der Waals surface area contributed by atoms with Gasteiger partial charge in [0, 0.05) is 32.9 Å². The molecule has 132 valence electrons. The summed E-state index contributed by atoms with van der Waals surface area (Å²) >= 11 is 0. The first-order valence-electron chi connectivity index (χ1n) is 7.47. The average molecular weight is 370 g/mol. The second-order valence-electron chi connectivity index (χ2n) is 5.65. The molecule has 26 heavy (non-hydrogen) atoms. The van der Waals surface area contributed by atoms with Crippen molar-refractivity contribution in [2.75, 3.05) is 16.3 Å². The van der Waals surface area contributed by atoms with Crippen molar-refractivity contribution in [1.82, 2.24) is 4.98 Å². The molecule has 0 amide bonds. The Kier molecular flexibility index (Phi) is 4.65. The van der Waals surface area contributed by atoms with Gasteiger partial charge in [-0.1, -0.05) is 6.07 Å². The number of hydrogen-bond acceptors (Lipinski definition) is 5. The second kappa shape index (κ2) is 6.90. The van der Waals surface area contributed by atoms with Gasteiger partial charge in [0.2, 0.25) is 0 Å². The molecule has 0 saturated heterocycles. The predicted molar refractivity (Wildman–Crippen MR) is 101 cm³/mol. The third kappa shape index (κ3) is 4.20. The Morgan fingerprint density at radius 3 is 2.73 bits per heavy atom. The highest BCUT2D eigenvalue weighted by Gasteiger charge is 2.10. The molecular formula is C18H15FN4O2S. The number of aromatic nitrogens is 1. The SMILES string of the molecule is C=S(C)(=O)Nc1cccc(Nc2ncc(-c3ccc(C#N)c(F)c3)o2)c1. The number of nitrogens with one attached hydrogen (secondary N) is 2. The first kappa shape index (κ1) is 17.5. The summed E-state index contributed by atoms with van der Waals surface area (Å²) in [5.41, 5.74) is 1.74. The Bertz CT molecular complexity index is 1100. The van der Waals surface area contributed by atoms with Crippen LogP contribution in [0.15, 0.2) is 53.1 Å². The van der Waals surface area contributed by atoms with Gasteiger partial charge in [0.1, 0.15) is 11.9 Å². The first-order chi connectivity index (χ1) is 12.3. The number of halogens is 1. The maximum atomic E-state index is 13.7. The molecule has 0 fully saturated rings. The molecule has 0 aliphatic heterocycles. The van der Waals surface area contributed by atoms with Crippen LogP contribution in [0.1, 0.15) is 5.56 Å².